The molecule has 0 saturated carbocycles. The molecule has 1 aromatic carbocycles. The zero-order valence-electron chi connectivity index (χ0n) is 16.7. The summed E-state index contributed by atoms with van der Waals surface area (Å²) in [5, 5.41) is 5.82. The van der Waals surface area contributed by atoms with Crippen LogP contribution in [-0.4, -0.2) is 69.4 Å². The Morgan fingerprint density at radius 1 is 1.21 bits per heavy atom. The van der Waals surface area contributed by atoms with E-state index >= 15 is 0 Å². The molecule has 1 heterocycles. The quantitative estimate of drug-likeness (QED) is 0.480. The van der Waals surface area contributed by atoms with Crippen molar-refractivity contribution >= 4 is 35.1 Å². The van der Waals surface area contributed by atoms with E-state index in [1.165, 1.54) is 33.3 Å². The van der Waals surface area contributed by atoms with Gasteiger partial charge in [0.2, 0.25) is 5.91 Å². The number of carbonyl (C=O) groups excluding carboxylic acids is 3. The first-order chi connectivity index (χ1) is 13.8. The van der Waals surface area contributed by atoms with Crippen LogP contribution in [0.25, 0.3) is 0 Å². The lowest BCUT2D eigenvalue weighted by molar-refractivity contribution is -0.155. The van der Waals surface area contributed by atoms with Gasteiger partial charge in [-0.25, -0.2) is 0 Å². The Labute approximate surface area is 174 Å². The number of ether oxygens (including phenoxy) is 3. The van der Waals surface area contributed by atoms with E-state index in [0.29, 0.717) is 37.4 Å². The molecule has 1 fully saturated rings. The monoisotopic (exact) mass is 427 g/mol. The number of hydrogen-bond acceptors (Lipinski definition) is 7. The third kappa shape index (κ3) is 6.88. The van der Waals surface area contributed by atoms with Crippen LogP contribution < -0.4 is 15.4 Å². The lowest BCUT2D eigenvalue weighted by Gasteiger charge is -2.31. The van der Waals surface area contributed by atoms with Gasteiger partial charge in [0.15, 0.2) is 6.79 Å². The first-order valence-corrected chi connectivity index (χ1v) is 9.54. The summed E-state index contributed by atoms with van der Waals surface area (Å²) in [7, 11) is 2.90. The molecule has 0 radical (unpaired) electrons. The van der Waals surface area contributed by atoms with Crippen molar-refractivity contribution in [3.63, 3.8) is 0 Å². The van der Waals surface area contributed by atoms with Crippen molar-refractivity contribution in [2.45, 2.75) is 25.8 Å². The summed E-state index contributed by atoms with van der Waals surface area (Å²) in [6, 6.07) is 2.96. The number of nitrogens with one attached hydrogen (secondary N) is 2. The van der Waals surface area contributed by atoms with Gasteiger partial charge in [-0.15, -0.1) is 0 Å². The second-order valence-electron chi connectivity index (χ2n) is 6.66. The second kappa shape index (κ2) is 11.0. The van der Waals surface area contributed by atoms with Crippen molar-refractivity contribution in [3.8, 4) is 5.75 Å². The minimum absolute atomic E-state index is 0.0350. The fourth-order valence-corrected chi connectivity index (χ4v) is 3.25. The van der Waals surface area contributed by atoms with Gasteiger partial charge < -0.3 is 24.8 Å². The molecule has 0 aromatic heterocycles. The van der Waals surface area contributed by atoms with Gasteiger partial charge in [-0.3, -0.25) is 19.3 Å². The molecule has 1 aliphatic rings. The largest absolute Gasteiger partial charge is 0.496 e. The van der Waals surface area contributed by atoms with Crippen LogP contribution >= 0.6 is 11.6 Å². The highest BCUT2D eigenvalue weighted by atomic mass is 35.5. The average molecular weight is 428 g/mol. The molecule has 10 heteroatoms. The molecule has 0 unspecified atom stereocenters. The molecule has 0 spiro atoms. The normalized spacial score (nSPS) is 14.9. The van der Waals surface area contributed by atoms with Gasteiger partial charge in [-0.05, 0) is 18.9 Å². The number of nitrogens with zero attached hydrogens (tertiary/aromatic N) is 1. The summed E-state index contributed by atoms with van der Waals surface area (Å²) in [4.78, 5) is 37.6. The average Bonchev–Trinajstić information content (AvgIpc) is 2.68. The SMILES string of the molecule is COCOC(=O)CN1CCC(NC(=O)c2cc(Cl)c(NC(C)=O)cc2OC)CC1. The third-order valence-electron chi connectivity index (χ3n) is 4.46. The molecule has 0 bridgehead atoms. The van der Waals surface area contributed by atoms with Crippen LogP contribution in [0.1, 0.15) is 30.1 Å². The minimum Gasteiger partial charge on any atom is -0.496 e. The zero-order chi connectivity index (χ0) is 21.4. The maximum atomic E-state index is 12.7. The number of hydrogen-bond donors (Lipinski definition) is 2. The number of rotatable bonds is 8. The zero-order valence-corrected chi connectivity index (χ0v) is 17.5. The highest BCUT2D eigenvalue weighted by molar-refractivity contribution is 6.34. The van der Waals surface area contributed by atoms with Gasteiger partial charge in [0.25, 0.3) is 5.91 Å². The number of amides is 2. The first-order valence-electron chi connectivity index (χ1n) is 9.17. The summed E-state index contributed by atoms with van der Waals surface area (Å²) in [6.07, 6.45) is 1.40. The highest BCUT2D eigenvalue weighted by Gasteiger charge is 2.24. The Bertz CT molecular complexity index is 750. The molecule has 160 valence electrons. The number of benzene rings is 1. The van der Waals surface area contributed by atoms with E-state index in [2.05, 4.69) is 10.6 Å². The van der Waals surface area contributed by atoms with Gasteiger partial charge in [0.1, 0.15) is 5.75 Å². The molecule has 0 aliphatic carbocycles. The number of likely N-dealkylation sites (tertiary alicyclic amines) is 1. The van der Waals surface area contributed by atoms with Crippen LogP contribution in [0.4, 0.5) is 5.69 Å². The Morgan fingerprint density at radius 3 is 2.48 bits per heavy atom. The Kier molecular flexibility index (Phi) is 8.69. The molecule has 1 aliphatic heterocycles. The van der Waals surface area contributed by atoms with E-state index < -0.39 is 0 Å². The number of esters is 1. The maximum absolute atomic E-state index is 12.7. The summed E-state index contributed by atoms with van der Waals surface area (Å²) >= 11 is 6.18. The molecule has 2 N–H and O–H groups in total. The second-order valence-corrected chi connectivity index (χ2v) is 7.07. The minimum atomic E-state index is -0.340. The molecular formula is C19H26ClN3O6. The fourth-order valence-electron chi connectivity index (χ4n) is 3.04. The van der Waals surface area contributed by atoms with Crippen LogP contribution in [-0.2, 0) is 19.1 Å². The lowest BCUT2D eigenvalue weighted by atomic mass is 10.0. The molecule has 0 atom stereocenters. The predicted octanol–water partition coefficient (Wildman–Crippen LogP) is 1.65. The lowest BCUT2D eigenvalue weighted by Crippen LogP contribution is -2.46. The van der Waals surface area contributed by atoms with Crippen molar-refractivity contribution in [1.29, 1.82) is 0 Å². The van der Waals surface area contributed by atoms with Crippen molar-refractivity contribution < 1.29 is 28.6 Å². The van der Waals surface area contributed by atoms with Crippen LogP contribution in [0.15, 0.2) is 12.1 Å². The van der Waals surface area contributed by atoms with Crippen LogP contribution in [0.2, 0.25) is 5.02 Å². The molecular weight excluding hydrogens is 402 g/mol. The number of piperidine rings is 1. The van der Waals surface area contributed by atoms with E-state index in [1.54, 1.807) is 0 Å². The molecule has 1 saturated heterocycles. The molecule has 2 amide bonds. The van der Waals surface area contributed by atoms with Gasteiger partial charge in [-0.1, -0.05) is 11.6 Å². The third-order valence-corrected chi connectivity index (χ3v) is 4.77. The van der Waals surface area contributed by atoms with E-state index in [0.717, 1.165) is 0 Å². The standard InChI is InChI=1S/C19H26ClN3O6/c1-12(24)21-16-9-17(28-3)14(8-15(16)20)19(26)22-13-4-6-23(7-5-13)10-18(25)29-11-27-2/h8-9,13H,4-7,10-11H2,1-3H3,(H,21,24)(H,22,26). The van der Waals surface area contributed by atoms with E-state index in [9.17, 15) is 14.4 Å². The van der Waals surface area contributed by atoms with E-state index in [-0.39, 0.29) is 47.7 Å². The Hall–Kier alpha value is -2.36. The first kappa shape index (κ1) is 22.9. The number of halogens is 1. The summed E-state index contributed by atoms with van der Waals surface area (Å²) in [5.74, 6) is -0.609. The fraction of sp³-hybridized carbons (Fsp3) is 0.526. The summed E-state index contributed by atoms with van der Waals surface area (Å²) in [5.41, 5.74) is 0.665. The molecule has 9 nitrogen and oxygen atoms in total. The molecule has 2 rings (SSSR count). The van der Waals surface area contributed by atoms with E-state index in [1.807, 2.05) is 4.90 Å². The topological polar surface area (TPSA) is 106 Å². The van der Waals surface area contributed by atoms with Crippen LogP contribution in [0.5, 0.6) is 5.75 Å². The number of methoxy groups -OCH3 is 2. The Morgan fingerprint density at radius 2 is 1.90 bits per heavy atom. The van der Waals surface area contributed by atoms with Gasteiger partial charge in [0, 0.05) is 39.2 Å². The summed E-state index contributed by atoms with van der Waals surface area (Å²) < 4.78 is 14.9. The number of carbonyl (C=O) groups is 3. The van der Waals surface area contributed by atoms with Crippen LogP contribution in [0.3, 0.4) is 0 Å². The smallest absolute Gasteiger partial charge is 0.322 e. The maximum Gasteiger partial charge on any atom is 0.322 e. The highest BCUT2D eigenvalue weighted by Crippen LogP contribution is 2.31. The van der Waals surface area contributed by atoms with Crippen molar-refractivity contribution in [2.75, 3.05) is 46.0 Å². The Balaban J connectivity index is 1.93. The summed E-state index contributed by atoms with van der Waals surface area (Å²) in [6.45, 7) is 2.82. The van der Waals surface area contributed by atoms with Crippen molar-refractivity contribution in [3.05, 3.63) is 22.7 Å². The van der Waals surface area contributed by atoms with Gasteiger partial charge >= 0.3 is 5.97 Å². The molecule has 1 aromatic rings. The number of anilines is 1. The van der Waals surface area contributed by atoms with Crippen molar-refractivity contribution in [2.24, 2.45) is 0 Å². The van der Waals surface area contributed by atoms with Gasteiger partial charge in [0.05, 0.1) is 29.9 Å². The molecule has 29 heavy (non-hydrogen) atoms. The van der Waals surface area contributed by atoms with Crippen molar-refractivity contribution in [1.82, 2.24) is 10.2 Å². The van der Waals surface area contributed by atoms with Crippen LogP contribution in [0, 0.1) is 0 Å². The van der Waals surface area contributed by atoms with Gasteiger partial charge in [-0.2, -0.15) is 0 Å². The predicted molar refractivity (Wildman–Crippen MR) is 107 cm³/mol. The van der Waals surface area contributed by atoms with E-state index in [4.69, 9.17) is 25.8 Å².